The zero-order valence-electron chi connectivity index (χ0n) is 17.9. The van der Waals surface area contributed by atoms with Crippen LogP contribution >= 0.6 is 0 Å². The lowest BCUT2D eigenvalue weighted by atomic mass is 10.0. The molecule has 1 fully saturated rings. The van der Waals surface area contributed by atoms with Crippen LogP contribution in [0.2, 0.25) is 0 Å². The minimum absolute atomic E-state index is 0.160. The van der Waals surface area contributed by atoms with Crippen molar-refractivity contribution in [3.05, 3.63) is 84.2 Å². The minimum atomic E-state index is -0.731. The number of hydrogen-bond donors (Lipinski definition) is 3. The average molecular weight is 433 g/mol. The first-order valence-corrected chi connectivity index (χ1v) is 10.9. The third-order valence-electron chi connectivity index (χ3n) is 5.80. The number of pyridine rings is 1. The largest absolute Gasteiger partial charge is 0.351 e. The summed E-state index contributed by atoms with van der Waals surface area (Å²) in [5.74, 6) is -0.376. The number of carbonyl (C=O) groups is 2. The number of hydrogen-bond acceptors (Lipinski definition) is 5. The van der Waals surface area contributed by atoms with Crippen molar-refractivity contribution in [3.63, 3.8) is 0 Å². The molecule has 1 saturated heterocycles. The summed E-state index contributed by atoms with van der Waals surface area (Å²) in [6.45, 7) is 0.529. The Hall–Kier alpha value is -3.52. The molecule has 3 heterocycles. The van der Waals surface area contributed by atoms with Crippen LogP contribution in [0.4, 0.5) is 0 Å². The number of imidazole rings is 1. The van der Waals surface area contributed by atoms with Crippen molar-refractivity contribution in [3.8, 4) is 0 Å². The van der Waals surface area contributed by atoms with Crippen LogP contribution in [0, 0.1) is 0 Å². The van der Waals surface area contributed by atoms with Crippen LogP contribution in [0.1, 0.15) is 35.8 Å². The normalized spacial score (nSPS) is 17.7. The van der Waals surface area contributed by atoms with E-state index in [-0.39, 0.29) is 17.9 Å². The standard InChI is InChI=1S/C24H28N6O2/c25-20(13-19-15-26-16-28-19)24(32)30-12-6-10-22(30)23(31)29-21(17-7-2-1-3-8-17)14-18-9-4-5-11-27-18/h1-5,7-9,11,15-16,20-22H,6,10,12-14,25H2,(H,26,28)(H,29,31)/t20-,21-,22-/m0/s1. The van der Waals surface area contributed by atoms with Crippen molar-refractivity contribution >= 4 is 11.8 Å². The summed E-state index contributed by atoms with van der Waals surface area (Å²) in [7, 11) is 0. The van der Waals surface area contributed by atoms with E-state index in [1.54, 1.807) is 23.6 Å². The van der Waals surface area contributed by atoms with E-state index < -0.39 is 12.1 Å². The fourth-order valence-electron chi connectivity index (χ4n) is 4.16. The van der Waals surface area contributed by atoms with E-state index in [0.29, 0.717) is 25.8 Å². The molecule has 4 N–H and O–H groups in total. The number of H-pyrrole nitrogens is 1. The van der Waals surface area contributed by atoms with Crippen molar-refractivity contribution < 1.29 is 9.59 Å². The predicted octanol–water partition coefficient (Wildman–Crippen LogP) is 1.77. The molecule has 8 heteroatoms. The molecule has 0 aliphatic carbocycles. The molecule has 4 rings (SSSR count). The zero-order valence-corrected chi connectivity index (χ0v) is 17.9. The zero-order chi connectivity index (χ0) is 22.3. The Morgan fingerprint density at radius 2 is 1.91 bits per heavy atom. The molecule has 8 nitrogen and oxygen atoms in total. The SMILES string of the molecule is N[C@@H](Cc1c[nH]cn1)C(=O)N1CCC[C@H]1C(=O)N[C@@H](Cc1ccccn1)c1ccccc1. The molecular weight excluding hydrogens is 404 g/mol. The minimum Gasteiger partial charge on any atom is -0.351 e. The Morgan fingerprint density at radius 1 is 1.09 bits per heavy atom. The number of nitrogens with two attached hydrogens (primary N) is 1. The molecule has 0 spiro atoms. The van der Waals surface area contributed by atoms with Crippen LogP contribution in [-0.4, -0.2) is 50.3 Å². The Balaban J connectivity index is 1.46. The fourth-order valence-corrected chi connectivity index (χ4v) is 4.16. The van der Waals surface area contributed by atoms with E-state index in [0.717, 1.165) is 23.4 Å². The molecule has 2 aromatic heterocycles. The number of benzene rings is 1. The van der Waals surface area contributed by atoms with Gasteiger partial charge in [0, 0.05) is 37.5 Å². The van der Waals surface area contributed by atoms with Crippen molar-refractivity contribution in [1.82, 2.24) is 25.2 Å². The van der Waals surface area contributed by atoms with Gasteiger partial charge in [-0.3, -0.25) is 14.6 Å². The Bertz CT molecular complexity index is 1010. The van der Waals surface area contributed by atoms with Gasteiger partial charge in [0.25, 0.3) is 0 Å². The number of amides is 2. The Morgan fingerprint density at radius 3 is 2.62 bits per heavy atom. The summed E-state index contributed by atoms with van der Waals surface area (Å²) in [6.07, 6.45) is 7.33. The summed E-state index contributed by atoms with van der Waals surface area (Å²) in [5.41, 5.74) is 8.78. The molecule has 1 aromatic carbocycles. The molecule has 3 aromatic rings. The maximum absolute atomic E-state index is 13.3. The number of nitrogens with one attached hydrogen (secondary N) is 2. The first-order chi connectivity index (χ1) is 15.6. The molecule has 0 bridgehead atoms. The van der Waals surface area contributed by atoms with E-state index >= 15 is 0 Å². The summed E-state index contributed by atoms with van der Waals surface area (Å²) in [5, 5.41) is 3.16. The highest BCUT2D eigenvalue weighted by atomic mass is 16.2. The average Bonchev–Trinajstić information content (AvgIpc) is 3.51. The van der Waals surface area contributed by atoms with Gasteiger partial charge in [-0.1, -0.05) is 36.4 Å². The van der Waals surface area contributed by atoms with E-state index in [4.69, 9.17) is 5.73 Å². The number of nitrogens with zero attached hydrogens (tertiary/aromatic N) is 3. The molecule has 0 saturated carbocycles. The fraction of sp³-hybridized carbons (Fsp3) is 0.333. The van der Waals surface area contributed by atoms with Gasteiger partial charge < -0.3 is 20.9 Å². The lowest BCUT2D eigenvalue weighted by Crippen LogP contribution is -2.52. The van der Waals surface area contributed by atoms with Crippen LogP contribution in [-0.2, 0) is 22.4 Å². The Kier molecular flexibility index (Phi) is 6.91. The van der Waals surface area contributed by atoms with Crippen molar-refractivity contribution in [1.29, 1.82) is 0 Å². The summed E-state index contributed by atoms with van der Waals surface area (Å²) in [6, 6.07) is 14.1. The van der Waals surface area contributed by atoms with Crippen LogP contribution < -0.4 is 11.1 Å². The van der Waals surface area contributed by atoms with Gasteiger partial charge in [0.05, 0.1) is 24.1 Å². The highest BCUT2D eigenvalue weighted by molar-refractivity contribution is 5.90. The van der Waals surface area contributed by atoms with Gasteiger partial charge >= 0.3 is 0 Å². The van der Waals surface area contributed by atoms with Gasteiger partial charge in [-0.05, 0) is 30.5 Å². The maximum Gasteiger partial charge on any atom is 0.243 e. The quantitative estimate of drug-likeness (QED) is 0.502. The summed E-state index contributed by atoms with van der Waals surface area (Å²) in [4.78, 5) is 39.3. The lowest BCUT2D eigenvalue weighted by Gasteiger charge is -2.28. The molecule has 2 amide bonds. The van der Waals surface area contributed by atoms with Gasteiger partial charge in [-0.2, -0.15) is 0 Å². The highest BCUT2D eigenvalue weighted by Gasteiger charge is 2.37. The number of aromatic nitrogens is 3. The van der Waals surface area contributed by atoms with Crippen LogP contribution in [0.3, 0.4) is 0 Å². The van der Waals surface area contributed by atoms with E-state index in [1.165, 1.54) is 0 Å². The lowest BCUT2D eigenvalue weighted by molar-refractivity contribution is -0.139. The molecule has 1 aliphatic rings. The van der Waals surface area contributed by atoms with E-state index in [2.05, 4.69) is 20.3 Å². The molecule has 3 atom stereocenters. The first kappa shape index (κ1) is 21.7. The van der Waals surface area contributed by atoms with Crippen molar-refractivity contribution in [2.45, 2.75) is 43.8 Å². The number of rotatable bonds is 8. The second-order valence-corrected chi connectivity index (χ2v) is 8.06. The smallest absolute Gasteiger partial charge is 0.243 e. The first-order valence-electron chi connectivity index (χ1n) is 10.9. The Labute approximate surface area is 187 Å². The van der Waals surface area contributed by atoms with Crippen molar-refractivity contribution in [2.24, 2.45) is 5.73 Å². The second-order valence-electron chi connectivity index (χ2n) is 8.06. The van der Waals surface area contributed by atoms with E-state index in [1.807, 2.05) is 48.5 Å². The third kappa shape index (κ3) is 5.20. The monoisotopic (exact) mass is 432 g/mol. The van der Waals surface area contributed by atoms with Crippen LogP contribution in [0.15, 0.2) is 67.3 Å². The number of aromatic amines is 1. The summed E-state index contributed by atoms with van der Waals surface area (Å²) < 4.78 is 0. The van der Waals surface area contributed by atoms with Gasteiger partial charge in [0.1, 0.15) is 6.04 Å². The second kappa shape index (κ2) is 10.2. The number of carbonyl (C=O) groups excluding carboxylic acids is 2. The van der Waals surface area contributed by atoms with Crippen LogP contribution in [0.25, 0.3) is 0 Å². The molecule has 0 radical (unpaired) electrons. The molecule has 166 valence electrons. The van der Waals surface area contributed by atoms with Gasteiger partial charge in [-0.25, -0.2) is 4.98 Å². The maximum atomic E-state index is 13.3. The van der Waals surface area contributed by atoms with Gasteiger partial charge in [-0.15, -0.1) is 0 Å². The third-order valence-corrected chi connectivity index (χ3v) is 5.80. The molecule has 0 unspecified atom stereocenters. The molecular formula is C24H28N6O2. The van der Waals surface area contributed by atoms with Crippen LogP contribution in [0.5, 0.6) is 0 Å². The predicted molar refractivity (Wildman–Crippen MR) is 120 cm³/mol. The van der Waals surface area contributed by atoms with Gasteiger partial charge in [0.15, 0.2) is 0 Å². The molecule has 1 aliphatic heterocycles. The number of likely N-dealkylation sites (tertiary alicyclic amines) is 1. The summed E-state index contributed by atoms with van der Waals surface area (Å²) >= 11 is 0. The van der Waals surface area contributed by atoms with Crippen molar-refractivity contribution in [2.75, 3.05) is 6.54 Å². The van der Waals surface area contributed by atoms with E-state index in [9.17, 15) is 9.59 Å². The van der Waals surface area contributed by atoms with Gasteiger partial charge in [0.2, 0.25) is 11.8 Å². The highest BCUT2D eigenvalue weighted by Crippen LogP contribution is 2.22. The topological polar surface area (TPSA) is 117 Å². The molecule has 32 heavy (non-hydrogen) atoms.